The molecule has 0 aliphatic heterocycles. The number of benzene rings is 3. The van der Waals surface area contributed by atoms with Gasteiger partial charge in [-0.2, -0.15) is 5.26 Å². The van der Waals surface area contributed by atoms with Gasteiger partial charge in [-0.3, -0.25) is 0 Å². The quantitative estimate of drug-likeness (QED) is 0.221. The molecule has 1 N–H and O–H groups in total. The van der Waals surface area contributed by atoms with Crippen LogP contribution in [0.1, 0.15) is 30.9 Å². The molecular formula is C30H24F2N4OS. The maximum Gasteiger partial charge on any atom is 0.187 e. The van der Waals surface area contributed by atoms with Crippen molar-refractivity contribution in [2.75, 3.05) is 18.6 Å². The lowest BCUT2D eigenvalue weighted by molar-refractivity contribution is 0.273. The number of aromatic nitrogens is 2. The van der Waals surface area contributed by atoms with Crippen molar-refractivity contribution >= 4 is 33.1 Å². The van der Waals surface area contributed by atoms with E-state index in [1.54, 1.807) is 18.2 Å². The van der Waals surface area contributed by atoms with E-state index in [2.05, 4.69) is 20.9 Å². The van der Waals surface area contributed by atoms with E-state index in [9.17, 15) is 14.0 Å². The van der Waals surface area contributed by atoms with Crippen LogP contribution in [0.2, 0.25) is 0 Å². The predicted molar refractivity (Wildman–Crippen MR) is 147 cm³/mol. The smallest absolute Gasteiger partial charge is 0.187 e. The van der Waals surface area contributed by atoms with E-state index < -0.39 is 6.67 Å². The van der Waals surface area contributed by atoms with Crippen molar-refractivity contribution in [2.45, 2.75) is 25.3 Å². The molecule has 3 aromatic carbocycles. The molecular weight excluding hydrogens is 502 g/mol. The highest BCUT2D eigenvalue weighted by Crippen LogP contribution is 2.43. The Kier molecular flexibility index (Phi) is 6.52. The van der Waals surface area contributed by atoms with Crippen LogP contribution in [0.15, 0.2) is 72.1 Å². The lowest BCUT2D eigenvalue weighted by Crippen LogP contribution is -2.17. The number of alkyl halides is 1. The molecule has 0 saturated heterocycles. The Morgan fingerprint density at radius 2 is 1.82 bits per heavy atom. The van der Waals surface area contributed by atoms with E-state index in [4.69, 9.17) is 4.74 Å². The first-order valence-electron chi connectivity index (χ1n) is 12.5. The highest BCUT2D eigenvalue weighted by molar-refractivity contribution is 7.14. The number of hydrogen-bond donors (Lipinski definition) is 1. The molecule has 6 rings (SSSR count). The second kappa shape index (κ2) is 10.3. The SMILES string of the molecule is N#Cc1c(-c2ccc(Nc3nc(-c4ccc(F)cc4)cs3)cc2)n(C2CCC2)c2cc(OCCF)ccc12. The van der Waals surface area contributed by atoms with Crippen LogP contribution in [0.4, 0.5) is 19.6 Å². The standard InChI is InChI=1S/C30H24F2N4OS/c31-14-15-37-24-12-13-25-26(17-33)29(36(28(25)16-24)23-2-1-3-23)20-6-10-22(11-7-20)34-30-35-27(18-38-30)19-4-8-21(32)9-5-19/h4-13,16,18,23H,1-3,14-15H2,(H,34,35). The first-order valence-corrected chi connectivity index (χ1v) is 13.4. The summed E-state index contributed by atoms with van der Waals surface area (Å²) in [6.45, 7) is -0.544. The molecule has 1 fully saturated rings. The van der Waals surface area contributed by atoms with E-state index >= 15 is 0 Å². The number of fused-ring (bicyclic) bond motifs is 1. The molecule has 8 heteroatoms. The van der Waals surface area contributed by atoms with Crippen molar-refractivity contribution in [3.8, 4) is 34.3 Å². The number of anilines is 2. The zero-order valence-electron chi connectivity index (χ0n) is 20.5. The summed E-state index contributed by atoms with van der Waals surface area (Å²) in [5, 5.41) is 17.0. The number of hydrogen-bond acceptors (Lipinski definition) is 5. The first kappa shape index (κ1) is 24.1. The van der Waals surface area contributed by atoms with Gasteiger partial charge in [0.15, 0.2) is 5.13 Å². The third-order valence-corrected chi connectivity index (χ3v) is 7.68. The average molecular weight is 527 g/mol. The summed E-state index contributed by atoms with van der Waals surface area (Å²) in [5.74, 6) is 0.330. The van der Waals surface area contributed by atoms with Crippen LogP contribution in [-0.4, -0.2) is 22.8 Å². The van der Waals surface area contributed by atoms with Gasteiger partial charge >= 0.3 is 0 Å². The van der Waals surface area contributed by atoms with E-state index in [-0.39, 0.29) is 12.4 Å². The van der Waals surface area contributed by atoms with Crippen molar-refractivity contribution in [3.63, 3.8) is 0 Å². The minimum atomic E-state index is -0.550. The lowest BCUT2D eigenvalue weighted by atomic mass is 9.92. The largest absolute Gasteiger partial charge is 0.491 e. The van der Waals surface area contributed by atoms with Gasteiger partial charge < -0.3 is 14.6 Å². The molecule has 1 aliphatic carbocycles. The molecule has 0 amide bonds. The average Bonchev–Trinajstić information content (AvgIpc) is 3.50. The van der Waals surface area contributed by atoms with Gasteiger partial charge in [-0.15, -0.1) is 11.3 Å². The van der Waals surface area contributed by atoms with Gasteiger partial charge in [0.1, 0.15) is 30.9 Å². The fourth-order valence-electron chi connectivity index (χ4n) is 4.88. The fraction of sp³-hybridized carbons (Fsp3) is 0.200. The number of thiazole rings is 1. The Bertz CT molecular complexity index is 1630. The normalized spacial score (nSPS) is 13.3. The molecule has 1 saturated carbocycles. The number of halogens is 2. The summed E-state index contributed by atoms with van der Waals surface area (Å²) in [6.07, 6.45) is 3.26. The highest BCUT2D eigenvalue weighted by Gasteiger charge is 2.28. The van der Waals surface area contributed by atoms with Gasteiger partial charge in [0, 0.05) is 34.1 Å². The zero-order valence-corrected chi connectivity index (χ0v) is 21.3. The lowest BCUT2D eigenvalue weighted by Gasteiger charge is -2.30. The Balaban J connectivity index is 1.32. The molecule has 0 unspecified atom stereocenters. The maximum absolute atomic E-state index is 13.2. The molecule has 0 atom stereocenters. The molecule has 2 heterocycles. The molecule has 2 aromatic heterocycles. The number of nitrogens with zero attached hydrogens (tertiary/aromatic N) is 3. The van der Waals surface area contributed by atoms with Gasteiger partial charge in [0.05, 0.1) is 22.5 Å². The van der Waals surface area contributed by atoms with E-state index in [0.29, 0.717) is 17.4 Å². The van der Waals surface area contributed by atoms with Crippen molar-refractivity contribution in [2.24, 2.45) is 0 Å². The molecule has 0 radical (unpaired) electrons. The Labute approximate surface area is 222 Å². The van der Waals surface area contributed by atoms with Gasteiger partial charge in [-0.1, -0.05) is 12.1 Å². The number of rotatable bonds is 8. The van der Waals surface area contributed by atoms with Gasteiger partial charge in [0.25, 0.3) is 0 Å². The Morgan fingerprint density at radius 3 is 2.50 bits per heavy atom. The van der Waals surface area contributed by atoms with Crippen LogP contribution in [0, 0.1) is 17.1 Å². The van der Waals surface area contributed by atoms with Crippen LogP contribution in [-0.2, 0) is 0 Å². The fourth-order valence-corrected chi connectivity index (χ4v) is 5.62. The van der Waals surface area contributed by atoms with Crippen molar-refractivity contribution in [1.82, 2.24) is 9.55 Å². The van der Waals surface area contributed by atoms with Gasteiger partial charge in [0.2, 0.25) is 0 Å². The third-order valence-electron chi connectivity index (χ3n) is 6.93. The molecule has 190 valence electrons. The topological polar surface area (TPSA) is 62.9 Å². The van der Waals surface area contributed by atoms with Crippen molar-refractivity contribution < 1.29 is 13.5 Å². The summed E-state index contributed by atoms with van der Waals surface area (Å²) in [4.78, 5) is 4.63. The Hall–Kier alpha value is -4.22. The van der Waals surface area contributed by atoms with Crippen LogP contribution in [0.5, 0.6) is 5.75 Å². The van der Waals surface area contributed by atoms with E-state index in [0.717, 1.165) is 63.5 Å². The van der Waals surface area contributed by atoms with Crippen molar-refractivity contribution in [3.05, 3.63) is 83.5 Å². The summed E-state index contributed by atoms with van der Waals surface area (Å²) in [5.41, 5.74) is 5.94. The monoisotopic (exact) mass is 526 g/mol. The van der Waals surface area contributed by atoms with Crippen LogP contribution in [0.25, 0.3) is 33.4 Å². The zero-order chi connectivity index (χ0) is 26.1. The minimum absolute atomic E-state index is 0.00651. The Morgan fingerprint density at radius 1 is 1.05 bits per heavy atom. The molecule has 1 aliphatic rings. The second-order valence-electron chi connectivity index (χ2n) is 9.25. The molecule has 5 nitrogen and oxygen atoms in total. The van der Waals surface area contributed by atoms with Crippen LogP contribution < -0.4 is 10.1 Å². The molecule has 5 aromatic rings. The molecule has 0 bridgehead atoms. The summed E-state index contributed by atoms with van der Waals surface area (Å²) < 4.78 is 33.7. The number of nitrogens with one attached hydrogen (secondary N) is 1. The van der Waals surface area contributed by atoms with Crippen LogP contribution in [0.3, 0.4) is 0 Å². The summed E-state index contributed by atoms with van der Waals surface area (Å²) in [7, 11) is 0. The number of nitriles is 1. The molecule has 0 spiro atoms. The highest BCUT2D eigenvalue weighted by atomic mass is 32.1. The van der Waals surface area contributed by atoms with E-state index in [1.165, 1.54) is 23.5 Å². The summed E-state index contributed by atoms with van der Waals surface area (Å²) >= 11 is 1.48. The minimum Gasteiger partial charge on any atom is -0.491 e. The second-order valence-corrected chi connectivity index (χ2v) is 10.1. The summed E-state index contributed by atoms with van der Waals surface area (Å²) in [6, 6.07) is 22.6. The molecule has 38 heavy (non-hydrogen) atoms. The van der Waals surface area contributed by atoms with Crippen molar-refractivity contribution in [1.29, 1.82) is 5.26 Å². The first-order chi connectivity index (χ1) is 18.6. The maximum atomic E-state index is 13.2. The van der Waals surface area contributed by atoms with Gasteiger partial charge in [-0.25, -0.2) is 13.8 Å². The third kappa shape index (κ3) is 4.50. The van der Waals surface area contributed by atoms with Gasteiger partial charge in [-0.05, 0) is 73.4 Å². The van der Waals surface area contributed by atoms with E-state index in [1.807, 2.05) is 41.8 Å². The van der Waals surface area contributed by atoms with Crippen LogP contribution >= 0.6 is 11.3 Å². The predicted octanol–water partition coefficient (Wildman–Crippen LogP) is 8.26. The number of ether oxygens (including phenoxy) is 1.